The number of phenols is 1. The molecule has 3 rings (SSSR count). The summed E-state index contributed by atoms with van der Waals surface area (Å²) in [5.74, 6) is -0.417. The van der Waals surface area contributed by atoms with E-state index < -0.39 is 0 Å². The first-order valence-corrected chi connectivity index (χ1v) is 6.88. The van der Waals surface area contributed by atoms with Crippen LogP contribution in [0.4, 0.5) is 5.69 Å². The Kier molecular flexibility index (Phi) is 3.32. The van der Waals surface area contributed by atoms with Crippen LogP contribution in [0.5, 0.6) is 5.75 Å². The Balaban J connectivity index is 1.78. The number of amides is 1. The SMILES string of the molecule is O=C(Nc1cc(Cl)c(O)c(Cl)c1)C1Cc2ccccc21. The number of aromatic hydroxyl groups is 1. The highest BCUT2D eigenvalue weighted by atomic mass is 35.5. The second kappa shape index (κ2) is 5.00. The average molecular weight is 308 g/mol. The minimum atomic E-state index is -0.180. The van der Waals surface area contributed by atoms with Crippen molar-refractivity contribution in [3.05, 3.63) is 57.6 Å². The van der Waals surface area contributed by atoms with Gasteiger partial charge in [0.15, 0.2) is 5.75 Å². The van der Waals surface area contributed by atoms with E-state index in [4.69, 9.17) is 23.2 Å². The van der Waals surface area contributed by atoms with Crippen molar-refractivity contribution < 1.29 is 9.90 Å². The van der Waals surface area contributed by atoms with Crippen LogP contribution in [-0.4, -0.2) is 11.0 Å². The number of phenolic OH excluding ortho intramolecular Hbond substituents is 1. The predicted molar refractivity (Wildman–Crippen MR) is 79.6 cm³/mol. The first kappa shape index (κ1) is 13.3. The van der Waals surface area contributed by atoms with Crippen LogP contribution >= 0.6 is 23.2 Å². The number of fused-ring (bicyclic) bond motifs is 1. The zero-order valence-corrected chi connectivity index (χ0v) is 11.9. The van der Waals surface area contributed by atoms with E-state index >= 15 is 0 Å². The van der Waals surface area contributed by atoms with Crippen LogP contribution in [-0.2, 0) is 11.2 Å². The Morgan fingerprint density at radius 1 is 1.20 bits per heavy atom. The summed E-state index contributed by atoms with van der Waals surface area (Å²) in [6.45, 7) is 0. The quantitative estimate of drug-likeness (QED) is 0.825. The number of anilines is 1. The van der Waals surface area contributed by atoms with Crippen molar-refractivity contribution >= 4 is 34.8 Å². The van der Waals surface area contributed by atoms with Crippen molar-refractivity contribution in [3.63, 3.8) is 0 Å². The number of rotatable bonds is 2. The Hall–Kier alpha value is -1.71. The van der Waals surface area contributed by atoms with Crippen molar-refractivity contribution in [2.75, 3.05) is 5.32 Å². The van der Waals surface area contributed by atoms with E-state index in [0.29, 0.717) is 5.69 Å². The van der Waals surface area contributed by atoms with Gasteiger partial charge in [-0.25, -0.2) is 0 Å². The molecule has 1 atom stereocenters. The molecule has 0 saturated heterocycles. The van der Waals surface area contributed by atoms with Gasteiger partial charge in [-0.05, 0) is 29.7 Å². The molecule has 2 aromatic rings. The topological polar surface area (TPSA) is 49.3 Å². The van der Waals surface area contributed by atoms with Crippen LogP contribution < -0.4 is 5.32 Å². The van der Waals surface area contributed by atoms with Gasteiger partial charge in [-0.2, -0.15) is 0 Å². The van der Waals surface area contributed by atoms with Gasteiger partial charge < -0.3 is 10.4 Å². The van der Waals surface area contributed by atoms with Crippen molar-refractivity contribution in [1.82, 2.24) is 0 Å². The molecule has 1 aliphatic carbocycles. The third-order valence-corrected chi connectivity index (χ3v) is 4.03. The molecule has 5 heteroatoms. The number of hydrogen-bond donors (Lipinski definition) is 2. The van der Waals surface area contributed by atoms with Crippen LogP contribution in [0.2, 0.25) is 10.0 Å². The average Bonchev–Trinajstić information content (AvgIpc) is 2.37. The highest BCUT2D eigenvalue weighted by Gasteiger charge is 2.31. The van der Waals surface area contributed by atoms with Gasteiger partial charge >= 0.3 is 0 Å². The van der Waals surface area contributed by atoms with E-state index in [0.717, 1.165) is 12.0 Å². The van der Waals surface area contributed by atoms with Crippen LogP contribution in [0.3, 0.4) is 0 Å². The van der Waals surface area contributed by atoms with E-state index in [1.54, 1.807) is 0 Å². The molecule has 0 bridgehead atoms. The van der Waals surface area contributed by atoms with E-state index in [1.807, 2.05) is 24.3 Å². The van der Waals surface area contributed by atoms with Gasteiger partial charge in [0.05, 0.1) is 16.0 Å². The Morgan fingerprint density at radius 2 is 1.85 bits per heavy atom. The molecule has 2 N–H and O–H groups in total. The van der Waals surface area contributed by atoms with Gasteiger partial charge in [0.2, 0.25) is 5.91 Å². The fourth-order valence-electron chi connectivity index (χ4n) is 2.36. The van der Waals surface area contributed by atoms with Gasteiger partial charge in [-0.15, -0.1) is 0 Å². The van der Waals surface area contributed by atoms with Crippen LogP contribution in [0, 0.1) is 0 Å². The molecule has 0 saturated carbocycles. The summed E-state index contributed by atoms with van der Waals surface area (Å²) in [7, 11) is 0. The van der Waals surface area contributed by atoms with Gasteiger partial charge in [-0.3, -0.25) is 4.79 Å². The molecule has 2 aromatic carbocycles. The molecule has 1 amide bonds. The van der Waals surface area contributed by atoms with Crippen LogP contribution in [0.1, 0.15) is 17.0 Å². The number of carbonyl (C=O) groups is 1. The second-order valence-electron chi connectivity index (χ2n) is 4.73. The highest BCUT2D eigenvalue weighted by Crippen LogP contribution is 2.37. The fraction of sp³-hybridized carbons (Fsp3) is 0.133. The van der Waals surface area contributed by atoms with Gasteiger partial charge in [0.25, 0.3) is 0 Å². The summed E-state index contributed by atoms with van der Waals surface area (Å²) in [5, 5.41) is 12.5. The molecular formula is C15H11Cl2NO2. The smallest absolute Gasteiger partial charge is 0.232 e. The molecule has 0 radical (unpaired) electrons. The first-order chi connectivity index (χ1) is 9.56. The molecule has 102 valence electrons. The molecule has 0 fully saturated rings. The molecule has 1 unspecified atom stereocenters. The lowest BCUT2D eigenvalue weighted by atomic mass is 9.77. The maximum atomic E-state index is 12.2. The van der Waals surface area contributed by atoms with Gasteiger partial charge in [0.1, 0.15) is 0 Å². The largest absolute Gasteiger partial charge is 0.505 e. The summed E-state index contributed by atoms with van der Waals surface area (Å²) in [5.41, 5.74) is 2.74. The number of nitrogens with one attached hydrogen (secondary N) is 1. The predicted octanol–water partition coefficient (Wildman–Crippen LogP) is 3.98. The second-order valence-corrected chi connectivity index (χ2v) is 5.55. The zero-order valence-electron chi connectivity index (χ0n) is 10.4. The molecule has 0 heterocycles. The molecule has 3 nitrogen and oxygen atoms in total. The molecule has 0 spiro atoms. The minimum absolute atomic E-state index is 0.0958. The fourth-order valence-corrected chi connectivity index (χ4v) is 2.85. The highest BCUT2D eigenvalue weighted by molar-refractivity contribution is 6.37. The number of halogens is 2. The normalized spacial score (nSPS) is 16.2. The van der Waals surface area contributed by atoms with Crippen molar-refractivity contribution in [1.29, 1.82) is 0 Å². The van der Waals surface area contributed by atoms with Crippen molar-refractivity contribution in [2.45, 2.75) is 12.3 Å². The number of carbonyl (C=O) groups excluding carboxylic acids is 1. The summed E-state index contributed by atoms with van der Waals surface area (Å²) in [4.78, 5) is 12.2. The Bertz CT molecular complexity index is 677. The van der Waals surface area contributed by atoms with Gasteiger partial charge in [0, 0.05) is 5.69 Å². The molecule has 20 heavy (non-hydrogen) atoms. The van der Waals surface area contributed by atoms with Gasteiger partial charge in [-0.1, -0.05) is 47.5 Å². The summed E-state index contributed by atoms with van der Waals surface area (Å²) in [6, 6.07) is 10.8. The van der Waals surface area contributed by atoms with Crippen molar-refractivity contribution in [3.8, 4) is 5.75 Å². The third-order valence-electron chi connectivity index (χ3n) is 3.46. The lowest BCUT2D eigenvalue weighted by molar-refractivity contribution is -0.118. The minimum Gasteiger partial charge on any atom is -0.505 e. The molecule has 0 aromatic heterocycles. The maximum absolute atomic E-state index is 12.2. The third kappa shape index (κ3) is 2.23. The van der Waals surface area contributed by atoms with Crippen LogP contribution in [0.15, 0.2) is 36.4 Å². The summed E-state index contributed by atoms with van der Waals surface area (Å²) >= 11 is 11.7. The lowest BCUT2D eigenvalue weighted by Crippen LogP contribution is -2.30. The number of hydrogen-bond acceptors (Lipinski definition) is 2. The maximum Gasteiger partial charge on any atom is 0.232 e. The van der Waals surface area contributed by atoms with E-state index in [9.17, 15) is 9.90 Å². The monoisotopic (exact) mass is 307 g/mol. The first-order valence-electron chi connectivity index (χ1n) is 6.13. The lowest BCUT2D eigenvalue weighted by Gasteiger charge is -2.28. The number of benzene rings is 2. The standard InChI is InChI=1S/C15H11Cl2NO2/c16-12-6-9(7-13(17)14(12)19)18-15(20)11-5-8-3-1-2-4-10(8)11/h1-4,6-7,11,19H,5H2,(H,18,20). The Morgan fingerprint density at radius 3 is 2.50 bits per heavy atom. The van der Waals surface area contributed by atoms with Crippen molar-refractivity contribution in [2.24, 2.45) is 0 Å². The molecule has 1 aliphatic rings. The zero-order chi connectivity index (χ0) is 14.3. The van der Waals surface area contributed by atoms with Crippen LogP contribution in [0.25, 0.3) is 0 Å². The van der Waals surface area contributed by atoms with E-state index in [1.165, 1.54) is 17.7 Å². The molecule has 0 aliphatic heterocycles. The van der Waals surface area contributed by atoms with E-state index in [2.05, 4.69) is 5.32 Å². The summed E-state index contributed by atoms with van der Waals surface area (Å²) in [6.07, 6.45) is 0.738. The summed E-state index contributed by atoms with van der Waals surface area (Å²) < 4.78 is 0. The van der Waals surface area contributed by atoms with E-state index in [-0.39, 0.29) is 27.6 Å². The Labute approximate surface area is 126 Å². The molecular weight excluding hydrogens is 297 g/mol.